The molecule has 3 amide bonds. The molecule has 0 aliphatic carbocycles. The number of Topliss-reactive ketones (excluding diaryl/α,β-unsaturated/α-hetero) is 2. The number of unbranched alkanes of at least 4 members (excludes halogenated alkanes) is 2. The third-order valence-corrected chi connectivity index (χ3v) is 8.82. The van der Waals surface area contributed by atoms with Crippen LogP contribution in [-0.2, 0) is 35.1 Å². The molecule has 9 heteroatoms. The van der Waals surface area contributed by atoms with Crippen LogP contribution in [0.2, 0.25) is 0 Å². The highest BCUT2D eigenvalue weighted by Gasteiger charge is 2.40. The Hall–Kier alpha value is -3.07. The van der Waals surface area contributed by atoms with Crippen LogP contribution in [0.3, 0.4) is 0 Å². The number of carbonyl (C=O) groups excluding carboxylic acids is 5. The Kier molecular flexibility index (Phi) is 11.1. The van der Waals surface area contributed by atoms with E-state index in [1.807, 2.05) is 44.2 Å². The monoisotopic (exact) mass is 567 g/mol. The van der Waals surface area contributed by atoms with E-state index in [0.29, 0.717) is 58.1 Å². The van der Waals surface area contributed by atoms with Crippen molar-refractivity contribution >= 4 is 29.3 Å². The molecule has 1 aromatic rings. The second kappa shape index (κ2) is 14.7. The molecule has 2 N–H and O–H groups in total. The summed E-state index contributed by atoms with van der Waals surface area (Å²) in [5.74, 6) is -1.68. The summed E-state index contributed by atoms with van der Waals surface area (Å²) < 4.78 is 5.05. The first-order chi connectivity index (χ1) is 19.8. The SMILES string of the molecule is CCC(C)C1NC(=O)C(Cc2ccccc2)CC(=O)C(CCCCCC(=O)C2CO2)NC(=O)C2CCCCN2C1=O. The van der Waals surface area contributed by atoms with Gasteiger partial charge in [0.1, 0.15) is 18.2 Å². The van der Waals surface area contributed by atoms with Crippen molar-refractivity contribution in [2.75, 3.05) is 13.2 Å². The van der Waals surface area contributed by atoms with Gasteiger partial charge in [0.15, 0.2) is 11.6 Å². The van der Waals surface area contributed by atoms with Crippen LogP contribution < -0.4 is 10.6 Å². The molecule has 6 atom stereocenters. The van der Waals surface area contributed by atoms with E-state index in [1.165, 1.54) is 0 Å². The number of hydrogen-bond acceptors (Lipinski definition) is 6. The van der Waals surface area contributed by atoms with Crippen molar-refractivity contribution < 1.29 is 28.7 Å². The van der Waals surface area contributed by atoms with Crippen LogP contribution in [0, 0.1) is 11.8 Å². The van der Waals surface area contributed by atoms with Gasteiger partial charge in [-0.1, -0.05) is 63.4 Å². The molecule has 41 heavy (non-hydrogen) atoms. The first-order valence-corrected chi connectivity index (χ1v) is 15.4. The number of benzene rings is 1. The lowest BCUT2D eigenvalue weighted by Crippen LogP contribution is -2.61. The van der Waals surface area contributed by atoms with Crippen molar-refractivity contribution in [1.29, 1.82) is 0 Å². The standard InChI is InChI=1S/C32H45N3O6/c1-3-21(2)29-32(40)35-17-11-10-15-25(35)31(39)33-24(14-8-5-9-16-26(36)28-20-41-28)27(37)19-23(30(38)34-29)18-22-12-6-4-7-13-22/h4,6-7,12-13,21,23-25,28-29H,3,5,8-11,14-20H2,1-2H3,(H,33,39)(H,34,38). The maximum Gasteiger partial charge on any atom is 0.246 e. The van der Waals surface area contributed by atoms with Gasteiger partial charge in [-0.2, -0.15) is 0 Å². The largest absolute Gasteiger partial charge is 0.365 e. The zero-order chi connectivity index (χ0) is 29.4. The molecule has 0 radical (unpaired) electrons. The van der Waals surface area contributed by atoms with Crippen molar-refractivity contribution in [2.45, 2.75) is 109 Å². The molecule has 3 fully saturated rings. The Labute approximate surface area is 243 Å². The number of ether oxygens (including phenoxy) is 1. The third-order valence-electron chi connectivity index (χ3n) is 8.82. The van der Waals surface area contributed by atoms with Crippen molar-refractivity contribution in [3.63, 3.8) is 0 Å². The summed E-state index contributed by atoms with van der Waals surface area (Å²) in [6, 6.07) is 7.39. The highest BCUT2D eigenvalue weighted by molar-refractivity contribution is 5.97. The molecule has 3 heterocycles. The molecule has 4 rings (SSSR count). The number of nitrogens with zero attached hydrogens (tertiary/aromatic N) is 1. The Balaban J connectivity index is 1.55. The van der Waals surface area contributed by atoms with Crippen LogP contribution in [-0.4, -0.2) is 71.6 Å². The summed E-state index contributed by atoms with van der Waals surface area (Å²) in [6.07, 6.45) is 5.90. The lowest BCUT2D eigenvalue weighted by molar-refractivity contribution is -0.148. The van der Waals surface area contributed by atoms with Gasteiger partial charge in [-0.05, 0) is 50.0 Å². The smallest absolute Gasteiger partial charge is 0.246 e. The highest BCUT2D eigenvalue weighted by Crippen LogP contribution is 2.24. The molecule has 1 aromatic carbocycles. The minimum Gasteiger partial charge on any atom is -0.365 e. The van der Waals surface area contributed by atoms with Gasteiger partial charge in [0.25, 0.3) is 0 Å². The third kappa shape index (κ3) is 8.47. The fraction of sp³-hybridized carbons (Fsp3) is 0.656. The van der Waals surface area contributed by atoms with Crippen LogP contribution in [0.5, 0.6) is 0 Å². The molecule has 0 bridgehead atoms. The van der Waals surface area contributed by atoms with Crippen LogP contribution >= 0.6 is 0 Å². The maximum atomic E-state index is 13.9. The van der Waals surface area contributed by atoms with Gasteiger partial charge in [-0.15, -0.1) is 0 Å². The van der Waals surface area contributed by atoms with Gasteiger partial charge < -0.3 is 20.3 Å². The number of nitrogens with one attached hydrogen (secondary N) is 2. The number of hydrogen-bond donors (Lipinski definition) is 2. The number of fused-ring (bicyclic) bond motifs is 1. The van der Waals surface area contributed by atoms with E-state index in [4.69, 9.17) is 4.74 Å². The van der Waals surface area contributed by atoms with Gasteiger partial charge in [-0.3, -0.25) is 24.0 Å². The second-order valence-corrected chi connectivity index (χ2v) is 11.9. The zero-order valence-corrected chi connectivity index (χ0v) is 24.4. The number of amides is 3. The summed E-state index contributed by atoms with van der Waals surface area (Å²) >= 11 is 0. The quantitative estimate of drug-likeness (QED) is 0.313. The lowest BCUT2D eigenvalue weighted by atomic mass is 9.88. The molecule has 9 nitrogen and oxygen atoms in total. The molecule has 0 saturated carbocycles. The van der Waals surface area contributed by atoms with E-state index < -0.39 is 24.0 Å². The summed E-state index contributed by atoms with van der Waals surface area (Å²) in [6.45, 7) is 4.88. The van der Waals surface area contributed by atoms with Crippen LogP contribution in [0.15, 0.2) is 30.3 Å². The fourth-order valence-corrected chi connectivity index (χ4v) is 5.94. The zero-order valence-electron chi connectivity index (χ0n) is 24.4. The minimum atomic E-state index is -0.756. The van der Waals surface area contributed by atoms with Gasteiger partial charge in [0.05, 0.1) is 12.6 Å². The first kappa shape index (κ1) is 30.9. The van der Waals surface area contributed by atoms with Gasteiger partial charge in [-0.25, -0.2) is 0 Å². The average molecular weight is 568 g/mol. The van der Waals surface area contributed by atoms with E-state index in [-0.39, 0.29) is 47.7 Å². The van der Waals surface area contributed by atoms with Crippen molar-refractivity contribution in [3.8, 4) is 0 Å². The van der Waals surface area contributed by atoms with Gasteiger partial charge in [0.2, 0.25) is 17.7 Å². The molecule has 0 aromatic heterocycles. The molecule has 0 spiro atoms. The minimum absolute atomic E-state index is 0.0288. The number of ketones is 2. The molecule has 3 aliphatic rings. The summed E-state index contributed by atoms with van der Waals surface area (Å²) in [4.78, 5) is 68.5. The van der Waals surface area contributed by atoms with E-state index in [0.717, 1.165) is 24.8 Å². The molecule has 3 saturated heterocycles. The summed E-state index contributed by atoms with van der Waals surface area (Å²) in [5.41, 5.74) is 0.931. The fourth-order valence-electron chi connectivity index (χ4n) is 5.94. The predicted molar refractivity (Wildman–Crippen MR) is 154 cm³/mol. The Morgan fingerprint density at radius 3 is 2.49 bits per heavy atom. The molecule has 3 aliphatic heterocycles. The average Bonchev–Trinajstić information content (AvgIpc) is 3.83. The lowest BCUT2D eigenvalue weighted by Gasteiger charge is -2.39. The normalized spacial score (nSPS) is 28.0. The Morgan fingerprint density at radius 2 is 1.78 bits per heavy atom. The van der Waals surface area contributed by atoms with Gasteiger partial charge in [0, 0.05) is 25.3 Å². The Bertz CT molecular complexity index is 1090. The van der Waals surface area contributed by atoms with E-state index in [2.05, 4.69) is 10.6 Å². The van der Waals surface area contributed by atoms with Crippen LogP contribution in [0.25, 0.3) is 0 Å². The van der Waals surface area contributed by atoms with E-state index >= 15 is 0 Å². The summed E-state index contributed by atoms with van der Waals surface area (Å²) in [7, 11) is 0. The van der Waals surface area contributed by atoms with Gasteiger partial charge >= 0.3 is 0 Å². The van der Waals surface area contributed by atoms with Crippen molar-refractivity contribution in [3.05, 3.63) is 35.9 Å². The second-order valence-electron chi connectivity index (χ2n) is 11.9. The molecule has 6 unspecified atom stereocenters. The van der Waals surface area contributed by atoms with Crippen molar-refractivity contribution in [1.82, 2.24) is 15.5 Å². The molecular weight excluding hydrogens is 522 g/mol. The number of epoxide rings is 1. The number of rotatable bonds is 11. The van der Waals surface area contributed by atoms with E-state index in [9.17, 15) is 24.0 Å². The Morgan fingerprint density at radius 1 is 1.02 bits per heavy atom. The summed E-state index contributed by atoms with van der Waals surface area (Å²) in [5, 5.41) is 6.01. The van der Waals surface area contributed by atoms with Crippen LogP contribution in [0.1, 0.15) is 83.6 Å². The number of carbonyl (C=O) groups is 5. The predicted octanol–water partition coefficient (Wildman–Crippen LogP) is 3.13. The van der Waals surface area contributed by atoms with Crippen LogP contribution in [0.4, 0.5) is 0 Å². The first-order valence-electron chi connectivity index (χ1n) is 15.4. The molecular formula is C32H45N3O6. The molecule has 224 valence electrons. The van der Waals surface area contributed by atoms with E-state index in [1.54, 1.807) is 4.90 Å². The van der Waals surface area contributed by atoms with Crippen molar-refractivity contribution in [2.24, 2.45) is 11.8 Å². The highest BCUT2D eigenvalue weighted by atomic mass is 16.6. The topological polar surface area (TPSA) is 125 Å². The number of piperidine rings is 1. The maximum absolute atomic E-state index is 13.9.